The summed E-state index contributed by atoms with van der Waals surface area (Å²) in [6.07, 6.45) is 2.91. The van der Waals surface area contributed by atoms with Crippen molar-refractivity contribution < 1.29 is 13.2 Å². The van der Waals surface area contributed by atoms with Gasteiger partial charge in [0, 0.05) is 11.2 Å². The number of nitrogens with one attached hydrogen (secondary N) is 1. The molecule has 3 rings (SSSR count). The van der Waals surface area contributed by atoms with Gasteiger partial charge in [0.25, 0.3) is 15.9 Å². The first-order valence-electron chi connectivity index (χ1n) is 8.95. The lowest BCUT2D eigenvalue weighted by atomic mass is 10.1. The van der Waals surface area contributed by atoms with Crippen LogP contribution in [0, 0.1) is 0 Å². The molecule has 1 N–H and O–H groups in total. The Kier molecular flexibility index (Phi) is 6.81. The summed E-state index contributed by atoms with van der Waals surface area (Å²) >= 11 is 5.88. The third-order valence-electron chi connectivity index (χ3n) is 4.16. The number of nitrogens with zero attached hydrogens (tertiary/aromatic N) is 3. The Balaban J connectivity index is 1.82. The number of rotatable bonds is 7. The van der Waals surface area contributed by atoms with Gasteiger partial charge in [-0.1, -0.05) is 41.9 Å². The predicted octanol–water partition coefficient (Wildman–Crippen LogP) is 3.47. The molecular formula is C21H19ClN4O3S. The van der Waals surface area contributed by atoms with Gasteiger partial charge < -0.3 is 0 Å². The summed E-state index contributed by atoms with van der Waals surface area (Å²) in [6.45, 7) is 1.27. The topological polar surface area (TPSA) is 91.7 Å². The molecule has 0 aliphatic rings. The Hall–Kier alpha value is -3.23. The number of anilines is 1. The highest BCUT2D eigenvalue weighted by Gasteiger charge is 2.27. The van der Waals surface area contributed by atoms with Crippen LogP contribution in [0.25, 0.3) is 0 Å². The molecule has 0 spiro atoms. The molecule has 0 fully saturated rings. The van der Waals surface area contributed by atoms with E-state index in [-0.39, 0.29) is 10.6 Å². The Morgan fingerprint density at radius 2 is 1.77 bits per heavy atom. The molecule has 3 aromatic rings. The van der Waals surface area contributed by atoms with E-state index in [0.717, 1.165) is 9.87 Å². The van der Waals surface area contributed by atoms with Crippen molar-refractivity contribution in [1.29, 1.82) is 0 Å². The largest absolute Gasteiger partial charge is 0.271 e. The molecule has 7 nitrogen and oxygen atoms in total. The Labute approximate surface area is 180 Å². The predicted molar refractivity (Wildman–Crippen MR) is 117 cm³/mol. The molecule has 9 heteroatoms. The maximum atomic E-state index is 13.1. The first-order valence-corrected chi connectivity index (χ1v) is 10.8. The van der Waals surface area contributed by atoms with Gasteiger partial charge in [0.15, 0.2) is 0 Å². The standard InChI is InChI=1S/C21H19ClN4O3S/c1-16(17-9-11-18(22)12-10-17)24-25-21(27)15-26(19-6-5-13-23-14-19)30(28,29)20-7-3-2-4-8-20/h2-14H,15H2,1H3,(H,25,27)/b24-16-. The molecule has 1 amide bonds. The fraction of sp³-hybridized carbons (Fsp3) is 0.0952. The van der Waals surface area contributed by atoms with E-state index in [1.54, 1.807) is 61.5 Å². The number of hydrogen-bond acceptors (Lipinski definition) is 5. The number of sulfonamides is 1. The monoisotopic (exact) mass is 442 g/mol. The van der Waals surface area contributed by atoms with Crippen LogP contribution < -0.4 is 9.73 Å². The molecule has 0 unspecified atom stereocenters. The SMILES string of the molecule is C/C(=N/NC(=O)CN(c1cccnc1)S(=O)(=O)c1ccccc1)c1ccc(Cl)cc1. The van der Waals surface area contributed by atoms with Crippen molar-refractivity contribution in [2.45, 2.75) is 11.8 Å². The molecule has 0 aliphatic heterocycles. The molecule has 0 radical (unpaired) electrons. The molecule has 0 atom stereocenters. The lowest BCUT2D eigenvalue weighted by Gasteiger charge is -2.23. The average Bonchev–Trinajstić information content (AvgIpc) is 2.77. The van der Waals surface area contributed by atoms with Crippen LogP contribution in [0.15, 0.2) is 89.1 Å². The second kappa shape index (κ2) is 9.51. The van der Waals surface area contributed by atoms with Gasteiger partial charge in [-0.25, -0.2) is 13.8 Å². The van der Waals surface area contributed by atoms with Crippen molar-refractivity contribution in [2.24, 2.45) is 5.10 Å². The lowest BCUT2D eigenvalue weighted by Crippen LogP contribution is -2.39. The number of amides is 1. The molecule has 0 saturated carbocycles. The zero-order valence-electron chi connectivity index (χ0n) is 16.1. The molecule has 1 heterocycles. The average molecular weight is 443 g/mol. The Bertz CT molecular complexity index is 1140. The number of benzene rings is 2. The highest BCUT2D eigenvalue weighted by molar-refractivity contribution is 7.92. The van der Waals surface area contributed by atoms with Crippen molar-refractivity contribution in [3.63, 3.8) is 0 Å². The number of hydrogen-bond donors (Lipinski definition) is 1. The zero-order valence-corrected chi connectivity index (χ0v) is 17.6. The number of hydrazone groups is 1. The number of halogens is 1. The van der Waals surface area contributed by atoms with Crippen LogP contribution in [-0.2, 0) is 14.8 Å². The van der Waals surface area contributed by atoms with Crippen LogP contribution in [0.4, 0.5) is 5.69 Å². The van der Waals surface area contributed by atoms with Gasteiger partial charge in [-0.2, -0.15) is 5.10 Å². The van der Waals surface area contributed by atoms with Gasteiger partial charge in [0.05, 0.1) is 22.5 Å². The molecular weight excluding hydrogens is 424 g/mol. The van der Waals surface area contributed by atoms with Crippen molar-refractivity contribution in [2.75, 3.05) is 10.8 Å². The molecule has 0 aliphatic carbocycles. The minimum atomic E-state index is -3.98. The number of pyridine rings is 1. The summed E-state index contributed by atoms with van der Waals surface area (Å²) in [6, 6.07) is 18.1. The molecule has 2 aromatic carbocycles. The molecule has 154 valence electrons. The van der Waals surface area contributed by atoms with E-state index in [1.807, 2.05) is 0 Å². The summed E-state index contributed by atoms with van der Waals surface area (Å²) in [4.78, 5) is 16.6. The van der Waals surface area contributed by atoms with Crippen LogP contribution in [-0.4, -0.2) is 31.6 Å². The van der Waals surface area contributed by atoms with Crippen molar-refractivity contribution in [3.05, 3.63) is 89.7 Å². The molecule has 1 aromatic heterocycles. The number of carbonyl (C=O) groups is 1. The molecule has 0 bridgehead atoms. The van der Waals surface area contributed by atoms with Gasteiger partial charge in [-0.3, -0.25) is 14.1 Å². The molecule has 30 heavy (non-hydrogen) atoms. The zero-order chi connectivity index (χ0) is 21.6. The first-order chi connectivity index (χ1) is 14.4. The van der Waals surface area contributed by atoms with Crippen LogP contribution in [0.2, 0.25) is 5.02 Å². The summed E-state index contributed by atoms with van der Waals surface area (Å²) in [5.74, 6) is -0.591. The maximum Gasteiger partial charge on any atom is 0.264 e. The Morgan fingerprint density at radius 1 is 1.07 bits per heavy atom. The van der Waals surface area contributed by atoms with E-state index in [1.165, 1.54) is 24.5 Å². The maximum absolute atomic E-state index is 13.1. The van der Waals surface area contributed by atoms with Gasteiger partial charge in [-0.05, 0) is 48.9 Å². The molecule has 0 saturated heterocycles. The first kappa shape index (κ1) is 21.5. The third kappa shape index (κ3) is 5.22. The minimum Gasteiger partial charge on any atom is -0.271 e. The van der Waals surface area contributed by atoms with Gasteiger partial charge in [-0.15, -0.1) is 0 Å². The Morgan fingerprint density at radius 3 is 2.40 bits per heavy atom. The summed E-state index contributed by atoms with van der Waals surface area (Å²) in [5, 5.41) is 4.65. The summed E-state index contributed by atoms with van der Waals surface area (Å²) < 4.78 is 27.3. The van der Waals surface area contributed by atoms with Crippen molar-refractivity contribution >= 4 is 38.9 Å². The van der Waals surface area contributed by atoms with Gasteiger partial charge >= 0.3 is 0 Å². The minimum absolute atomic E-state index is 0.0718. The lowest BCUT2D eigenvalue weighted by molar-refractivity contribution is -0.119. The third-order valence-corrected chi connectivity index (χ3v) is 6.20. The fourth-order valence-corrected chi connectivity index (χ4v) is 4.16. The second-order valence-electron chi connectivity index (χ2n) is 6.28. The smallest absolute Gasteiger partial charge is 0.264 e. The highest BCUT2D eigenvalue weighted by atomic mass is 35.5. The van der Waals surface area contributed by atoms with E-state index >= 15 is 0 Å². The second-order valence-corrected chi connectivity index (χ2v) is 8.57. The van der Waals surface area contributed by atoms with E-state index in [0.29, 0.717) is 10.7 Å². The van der Waals surface area contributed by atoms with E-state index in [2.05, 4.69) is 15.5 Å². The number of carbonyl (C=O) groups excluding carboxylic acids is 1. The van der Waals surface area contributed by atoms with E-state index in [9.17, 15) is 13.2 Å². The van der Waals surface area contributed by atoms with Crippen LogP contribution in [0.3, 0.4) is 0 Å². The summed E-state index contributed by atoms with van der Waals surface area (Å²) in [7, 11) is -3.98. The van der Waals surface area contributed by atoms with Gasteiger partial charge in [0.2, 0.25) is 0 Å². The van der Waals surface area contributed by atoms with E-state index < -0.39 is 22.5 Å². The fourth-order valence-electron chi connectivity index (χ4n) is 2.60. The van der Waals surface area contributed by atoms with Crippen LogP contribution >= 0.6 is 11.6 Å². The quantitative estimate of drug-likeness (QED) is 0.448. The normalized spacial score (nSPS) is 11.7. The van der Waals surface area contributed by atoms with Gasteiger partial charge in [0.1, 0.15) is 6.54 Å². The van der Waals surface area contributed by atoms with E-state index in [4.69, 9.17) is 11.6 Å². The summed E-state index contributed by atoms with van der Waals surface area (Å²) in [5.41, 5.74) is 4.01. The highest BCUT2D eigenvalue weighted by Crippen LogP contribution is 2.22. The number of aromatic nitrogens is 1. The van der Waals surface area contributed by atoms with Crippen molar-refractivity contribution in [3.8, 4) is 0 Å². The van der Waals surface area contributed by atoms with Crippen molar-refractivity contribution in [1.82, 2.24) is 10.4 Å². The van der Waals surface area contributed by atoms with Crippen LogP contribution in [0.5, 0.6) is 0 Å². The van der Waals surface area contributed by atoms with Crippen LogP contribution in [0.1, 0.15) is 12.5 Å².